The average Bonchev–Trinajstić information content (AvgIpc) is 3.86. The van der Waals surface area contributed by atoms with Crippen LogP contribution in [-0.2, 0) is 24.5 Å². The third-order valence-corrected chi connectivity index (χ3v) is 13.6. The van der Waals surface area contributed by atoms with Gasteiger partial charge in [-0.05, 0) is 87.9 Å². The van der Waals surface area contributed by atoms with E-state index in [2.05, 4.69) is 128 Å². The fourth-order valence-electron chi connectivity index (χ4n) is 8.96. The number of nitrogens with one attached hydrogen (secondary N) is 1. The van der Waals surface area contributed by atoms with Crippen molar-refractivity contribution in [2.45, 2.75) is 57.0 Å². The van der Waals surface area contributed by atoms with Crippen molar-refractivity contribution in [3.8, 4) is 0 Å². The molecule has 247 valence electrons. The molecule has 1 N–H and O–H groups in total. The molecule has 2 heterocycles. The summed E-state index contributed by atoms with van der Waals surface area (Å²) in [6, 6.07) is 30.4. The lowest BCUT2D eigenvalue weighted by Crippen LogP contribution is -2.55. The zero-order valence-electron chi connectivity index (χ0n) is 28.2. The van der Waals surface area contributed by atoms with Crippen LogP contribution in [0.2, 0.25) is 0 Å². The Bertz CT molecular complexity index is 1620. The Balaban J connectivity index is 1.32. The Kier molecular flexibility index (Phi) is 9.50. The number of esters is 2. The van der Waals surface area contributed by atoms with Crippen LogP contribution in [0.15, 0.2) is 96.2 Å². The molecular weight excluding hydrogens is 615 g/mol. The number of rotatable bonds is 10. The average molecular weight is 660 g/mol. The zero-order chi connectivity index (χ0) is 33.4. The molecule has 1 saturated heterocycles. The van der Waals surface area contributed by atoms with Gasteiger partial charge in [0.15, 0.2) is 0 Å². The van der Waals surface area contributed by atoms with E-state index in [1.807, 2.05) is 0 Å². The maximum atomic E-state index is 13.5. The molecule has 5 radical (unpaired) electrons. The summed E-state index contributed by atoms with van der Waals surface area (Å²) in [6.45, 7) is 5.27. The third-order valence-electron chi connectivity index (χ3n) is 11.0. The van der Waals surface area contributed by atoms with Gasteiger partial charge >= 0.3 is 11.9 Å². The van der Waals surface area contributed by atoms with Crippen LogP contribution >= 0.6 is 7.92 Å². The van der Waals surface area contributed by atoms with Gasteiger partial charge in [-0.3, -0.25) is 9.69 Å². The number of likely N-dealkylation sites (tertiary alicyclic amines) is 1. The highest BCUT2D eigenvalue weighted by Crippen LogP contribution is 2.63. The highest BCUT2D eigenvalue weighted by molar-refractivity contribution is 7.76. The van der Waals surface area contributed by atoms with Crippen LogP contribution in [0, 0.1) is 42.7 Å². The number of hydrogen-bond acceptors (Lipinski definition) is 6. The first-order valence-electron chi connectivity index (χ1n) is 17.1. The van der Waals surface area contributed by atoms with Gasteiger partial charge in [-0.25, -0.2) is 4.79 Å². The number of carbonyl (C=O) groups is 2. The number of ether oxygens (including phenoxy) is 2. The molecule has 5 atom stereocenters. The third kappa shape index (κ3) is 5.50. The summed E-state index contributed by atoms with van der Waals surface area (Å²) in [5, 5.41) is 6.38. The minimum absolute atomic E-state index is 0.0352. The van der Waals surface area contributed by atoms with Crippen molar-refractivity contribution in [2.75, 3.05) is 26.1 Å². The number of benzene rings is 3. The van der Waals surface area contributed by atoms with Gasteiger partial charge in [0.25, 0.3) is 0 Å². The van der Waals surface area contributed by atoms with E-state index in [1.54, 1.807) is 0 Å². The molecule has 7 heteroatoms. The van der Waals surface area contributed by atoms with Gasteiger partial charge in [0.2, 0.25) is 0 Å². The van der Waals surface area contributed by atoms with Crippen molar-refractivity contribution in [3.63, 3.8) is 0 Å². The number of nitrogens with zero attached hydrogens (tertiary/aromatic N) is 1. The first-order chi connectivity index (χ1) is 23.4. The quantitative estimate of drug-likeness (QED) is 0.193. The van der Waals surface area contributed by atoms with Crippen molar-refractivity contribution in [2.24, 2.45) is 11.8 Å². The molecule has 0 unspecified atom stereocenters. The molecule has 3 aromatic carbocycles. The van der Waals surface area contributed by atoms with Crippen molar-refractivity contribution in [3.05, 3.63) is 133 Å². The molecular formula is C41H44N2O4P. The van der Waals surface area contributed by atoms with Crippen LogP contribution in [0.3, 0.4) is 0 Å². The summed E-state index contributed by atoms with van der Waals surface area (Å²) < 4.78 is 10.7. The minimum Gasteiger partial charge on any atom is -0.469 e. The Hall–Kier alpha value is -3.47. The lowest BCUT2D eigenvalue weighted by molar-refractivity contribution is -0.146. The fraction of sp³-hybridized carbons (Fsp3) is 0.341. The smallest absolute Gasteiger partial charge is 0.335 e. The summed E-state index contributed by atoms with van der Waals surface area (Å²) in [5.41, 5.74) is 4.93. The van der Waals surface area contributed by atoms with E-state index in [9.17, 15) is 9.59 Å². The zero-order valence-corrected chi connectivity index (χ0v) is 29.1. The maximum absolute atomic E-state index is 13.5. The number of carbonyl (C=O) groups excluding carboxylic acids is 2. The molecule has 0 aromatic heterocycles. The van der Waals surface area contributed by atoms with Crippen LogP contribution in [0.4, 0.5) is 5.69 Å². The predicted octanol–water partition coefficient (Wildman–Crippen LogP) is 6.71. The number of hydrogen-bond donors (Lipinski definition) is 1. The largest absolute Gasteiger partial charge is 0.469 e. The molecule has 2 fully saturated rings. The van der Waals surface area contributed by atoms with Crippen molar-refractivity contribution in [1.29, 1.82) is 0 Å². The van der Waals surface area contributed by atoms with Gasteiger partial charge in [0.05, 0.1) is 31.1 Å². The first-order valence-corrected chi connectivity index (χ1v) is 18.4. The van der Waals surface area contributed by atoms with E-state index < -0.39 is 13.3 Å². The monoisotopic (exact) mass is 659 g/mol. The van der Waals surface area contributed by atoms with Gasteiger partial charge in [-0.1, -0.05) is 85.8 Å². The van der Waals surface area contributed by atoms with Crippen molar-refractivity contribution < 1.29 is 19.1 Å². The lowest BCUT2D eigenvalue weighted by atomic mass is 9.61. The second-order valence-electron chi connectivity index (χ2n) is 13.3. The van der Waals surface area contributed by atoms with Gasteiger partial charge in [0, 0.05) is 41.6 Å². The van der Waals surface area contributed by atoms with Crippen LogP contribution in [0.5, 0.6) is 0 Å². The summed E-state index contributed by atoms with van der Waals surface area (Å²) in [4.78, 5) is 29.2. The van der Waals surface area contributed by atoms with E-state index in [1.165, 1.54) is 42.0 Å². The van der Waals surface area contributed by atoms with Crippen molar-refractivity contribution in [1.82, 2.24) is 4.90 Å². The molecule has 2 aliphatic carbocycles. The molecule has 0 bridgehead atoms. The Morgan fingerprint density at radius 1 is 0.938 bits per heavy atom. The molecule has 2 aliphatic heterocycles. The van der Waals surface area contributed by atoms with Gasteiger partial charge in [-0.15, -0.1) is 0 Å². The number of anilines is 1. The fourth-order valence-corrected chi connectivity index (χ4v) is 11.5. The topological polar surface area (TPSA) is 67.9 Å². The molecule has 1 spiro atoms. The molecule has 1 saturated carbocycles. The van der Waals surface area contributed by atoms with E-state index in [-0.39, 0.29) is 35.9 Å². The van der Waals surface area contributed by atoms with E-state index in [0.29, 0.717) is 24.8 Å². The van der Waals surface area contributed by atoms with Gasteiger partial charge in [0.1, 0.15) is 0 Å². The van der Waals surface area contributed by atoms with E-state index >= 15 is 0 Å². The lowest BCUT2D eigenvalue weighted by Gasteiger charge is -2.49. The normalized spacial score (nSPS) is 25.3. The Morgan fingerprint density at radius 3 is 2.25 bits per heavy atom. The molecule has 0 amide bonds. The van der Waals surface area contributed by atoms with Crippen LogP contribution in [0.1, 0.15) is 45.1 Å². The highest BCUT2D eigenvalue weighted by Gasteiger charge is 2.62. The molecule has 4 aliphatic rings. The molecule has 7 rings (SSSR count). The van der Waals surface area contributed by atoms with E-state index in [0.717, 1.165) is 24.4 Å². The number of methoxy groups -OCH3 is 2. The Labute approximate surface area is 287 Å². The van der Waals surface area contributed by atoms with Gasteiger partial charge < -0.3 is 14.8 Å². The molecule has 6 nitrogen and oxygen atoms in total. The Morgan fingerprint density at radius 2 is 1.60 bits per heavy atom. The highest BCUT2D eigenvalue weighted by atomic mass is 31.1. The van der Waals surface area contributed by atoms with E-state index in [4.69, 9.17) is 9.47 Å². The summed E-state index contributed by atoms with van der Waals surface area (Å²) in [6.07, 6.45) is 9.58. The molecule has 3 aromatic rings. The predicted molar refractivity (Wildman–Crippen MR) is 192 cm³/mol. The summed E-state index contributed by atoms with van der Waals surface area (Å²) in [7, 11) is 2.16. The summed E-state index contributed by atoms with van der Waals surface area (Å²) in [5.74, 6) is 0.651. The number of fused-ring (bicyclic) bond motifs is 1. The molecule has 48 heavy (non-hydrogen) atoms. The first kappa shape index (κ1) is 33.0. The second kappa shape index (κ2) is 13.8. The number of para-hydroxylation sites is 1. The van der Waals surface area contributed by atoms with Crippen LogP contribution in [0.25, 0.3) is 0 Å². The van der Waals surface area contributed by atoms with Gasteiger partial charge in [-0.2, -0.15) is 0 Å². The van der Waals surface area contributed by atoms with Crippen LogP contribution < -0.4 is 15.9 Å². The summed E-state index contributed by atoms with van der Waals surface area (Å²) >= 11 is 0. The maximum Gasteiger partial charge on any atom is 0.335 e. The second-order valence-corrected chi connectivity index (χ2v) is 15.5. The standard InChI is InChI=1S/C41H44N2O4P/c1-5-28(39(44)46-3)25-29-26-33(40(45)47-4)37-41(34-20-12-13-21-35(34)42-37)23-24-43(38(29)41)27(2)32-19-14-22-36(32)48(30-15-8-6-9-16-30)31-17-10-7-11-18-31/h6-22,27-29,38,42H,5,23-26H2,1-4H3/t27-,28-,29+,38-,41-/m0/s1. The minimum atomic E-state index is -0.778. The van der Waals surface area contributed by atoms with Crippen LogP contribution in [-0.4, -0.2) is 49.7 Å². The van der Waals surface area contributed by atoms with Crippen molar-refractivity contribution >= 4 is 36.2 Å². The SMILES string of the molecule is CC[C@@H](C[C@@H]1CC(C(=O)OC)=C2Nc3ccccc3[C@@]23CCN([C@@H](C)[C]2[CH][CH][CH][C]2P(c2ccccc2)c2ccccc2)[C@@H]13)C(=O)OC.